The summed E-state index contributed by atoms with van der Waals surface area (Å²) in [5, 5.41) is 5.32. The van der Waals surface area contributed by atoms with Gasteiger partial charge in [0.2, 0.25) is 0 Å². The molecule has 3 aromatic rings. The summed E-state index contributed by atoms with van der Waals surface area (Å²) in [6, 6.07) is 19.4. The summed E-state index contributed by atoms with van der Waals surface area (Å²) in [6.45, 7) is 9.08. The maximum absolute atomic E-state index is 2.52. The molecular formula is C54H54. The van der Waals surface area contributed by atoms with Gasteiger partial charge in [-0.2, -0.15) is 0 Å². The summed E-state index contributed by atoms with van der Waals surface area (Å²) >= 11 is 0. The molecule has 6 aliphatic carbocycles. The van der Waals surface area contributed by atoms with Crippen LogP contribution in [0.4, 0.5) is 0 Å². The van der Waals surface area contributed by atoms with E-state index in [0.29, 0.717) is 29.6 Å². The molecule has 0 radical (unpaired) electrons. The van der Waals surface area contributed by atoms with Crippen molar-refractivity contribution < 1.29 is 0 Å². The second-order valence-corrected chi connectivity index (χ2v) is 16.9. The fourth-order valence-electron chi connectivity index (χ4n) is 9.75. The van der Waals surface area contributed by atoms with Crippen molar-refractivity contribution in [1.82, 2.24) is 0 Å². The molecule has 0 bridgehead atoms. The van der Waals surface area contributed by atoms with Crippen LogP contribution >= 0.6 is 0 Å². The molecule has 0 heterocycles. The van der Waals surface area contributed by atoms with Crippen LogP contribution in [0.15, 0.2) is 179 Å². The summed E-state index contributed by atoms with van der Waals surface area (Å²) in [4.78, 5) is 0. The van der Waals surface area contributed by atoms with Crippen LogP contribution in [0.25, 0.3) is 32.7 Å². The van der Waals surface area contributed by atoms with Crippen molar-refractivity contribution in [2.45, 2.75) is 72.6 Å². The Labute approximate surface area is 323 Å². The molecular weight excluding hydrogens is 649 g/mol. The lowest BCUT2D eigenvalue weighted by atomic mass is 9.72. The first-order valence-electron chi connectivity index (χ1n) is 20.7. The number of hydrogen-bond donors (Lipinski definition) is 0. The van der Waals surface area contributed by atoms with E-state index in [9.17, 15) is 0 Å². The van der Waals surface area contributed by atoms with Crippen molar-refractivity contribution in [2.75, 3.05) is 0 Å². The standard InChI is InChI=1S/C54H54/c1-35-11-19-39(20-12-35)49-7-5-8-50(40-21-13-36(2)14-22-40)53(49)45-29-31-47-43(33-45)27-28-44-34-46(30-32-48(44)47)54-51(41-23-15-37(3)16-24-41)9-6-10-52(54)42-25-17-38(4)18-26-42/h5,7,9,11-13,15,17-19,21-25,27-34,36-37,39,42,50H,6,8,10,14,16,20,26H2,1-4H3. The summed E-state index contributed by atoms with van der Waals surface area (Å²) in [7, 11) is 0. The molecule has 0 saturated heterocycles. The van der Waals surface area contributed by atoms with E-state index in [-0.39, 0.29) is 0 Å². The molecule has 6 aliphatic rings. The maximum atomic E-state index is 2.52. The van der Waals surface area contributed by atoms with E-state index in [1.807, 2.05) is 0 Å². The van der Waals surface area contributed by atoms with Crippen molar-refractivity contribution in [3.05, 3.63) is 190 Å². The van der Waals surface area contributed by atoms with Crippen LogP contribution in [0.1, 0.15) is 83.8 Å². The molecule has 3 aromatic carbocycles. The highest BCUT2D eigenvalue weighted by Crippen LogP contribution is 2.47. The molecule has 0 aliphatic heterocycles. The highest BCUT2D eigenvalue weighted by atomic mass is 14.3. The average molecular weight is 703 g/mol. The summed E-state index contributed by atoms with van der Waals surface area (Å²) in [5.74, 6) is 2.46. The lowest BCUT2D eigenvalue weighted by molar-refractivity contribution is 0.693. The van der Waals surface area contributed by atoms with E-state index < -0.39 is 0 Å². The first-order chi connectivity index (χ1) is 26.4. The van der Waals surface area contributed by atoms with E-state index in [0.717, 1.165) is 44.9 Å². The molecule has 9 rings (SSSR count). The smallest absolute Gasteiger partial charge is 0.0130 e. The molecule has 0 saturated carbocycles. The number of hydrogen-bond acceptors (Lipinski definition) is 0. The summed E-state index contributed by atoms with van der Waals surface area (Å²) in [6.07, 6.45) is 44.0. The van der Waals surface area contributed by atoms with E-state index >= 15 is 0 Å². The maximum Gasteiger partial charge on any atom is 0.0130 e. The first-order valence-corrected chi connectivity index (χ1v) is 20.7. The quantitative estimate of drug-likeness (QED) is 0.224. The predicted octanol–water partition coefficient (Wildman–Crippen LogP) is 14.9. The zero-order valence-corrected chi connectivity index (χ0v) is 32.6. The molecule has 0 fully saturated rings. The molecule has 5 atom stereocenters. The van der Waals surface area contributed by atoms with Crippen molar-refractivity contribution in [2.24, 2.45) is 29.6 Å². The molecule has 0 spiro atoms. The third-order valence-corrected chi connectivity index (χ3v) is 12.9. The van der Waals surface area contributed by atoms with Gasteiger partial charge in [0, 0.05) is 17.8 Å². The molecule has 0 amide bonds. The van der Waals surface area contributed by atoms with Crippen LogP contribution in [0.3, 0.4) is 0 Å². The van der Waals surface area contributed by atoms with Gasteiger partial charge in [-0.25, -0.2) is 0 Å². The summed E-state index contributed by atoms with van der Waals surface area (Å²) < 4.78 is 0. The topological polar surface area (TPSA) is 0 Å². The lowest BCUT2D eigenvalue weighted by Gasteiger charge is -2.32. The number of benzene rings is 3. The van der Waals surface area contributed by atoms with Gasteiger partial charge in [-0.15, -0.1) is 0 Å². The average Bonchev–Trinajstić information content (AvgIpc) is 3.21. The lowest BCUT2D eigenvalue weighted by Crippen LogP contribution is -2.16. The Morgan fingerprint density at radius 2 is 1.22 bits per heavy atom. The third kappa shape index (κ3) is 6.70. The molecule has 0 heteroatoms. The Hall–Kier alpha value is -4.94. The Kier molecular flexibility index (Phi) is 9.48. The van der Waals surface area contributed by atoms with Gasteiger partial charge in [0.05, 0.1) is 0 Å². The van der Waals surface area contributed by atoms with Gasteiger partial charge in [-0.05, 0) is 149 Å². The van der Waals surface area contributed by atoms with Gasteiger partial charge < -0.3 is 0 Å². The van der Waals surface area contributed by atoms with E-state index in [2.05, 4.69) is 167 Å². The van der Waals surface area contributed by atoms with Crippen molar-refractivity contribution in [1.29, 1.82) is 0 Å². The summed E-state index contributed by atoms with van der Waals surface area (Å²) in [5.41, 5.74) is 15.8. The van der Waals surface area contributed by atoms with Crippen molar-refractivity contribution >= 4 is 32.7 Å². The SMILES string of the molecule is CC1=CCC(C2=C(c3ccc4c(ccc5cc(C6=C(C7C=CC(C)=CC7)CCC=C6C6=CCC(C)C=C6)ccc54)c3)C(C3=CCC(C)C=C3)CC=C2)C=C1. The normalized spacial score (nSPS) is 27.0. The van der Waals surface area contributed by atoms with Crippen LogP contribution in [-0.4, -0.2) is 0 Å². The highest BCUT2D eigenvalue weighted by molar-refractivity contribution is 6.09. The molecule has 0 N–H and O–H groups in total. The molecule has 270 valence electrons. The zero-order chi connectivity index (χ0) is 36.8. The highest BCUT2D eigenvalue weighted by Gasteiger charge is 2.29. The van der Waals surface area contributed by atoms with E-state index in [4.69, 9.17) is 0 Å². The van der Waals surface area contributed by atoms with Gasteiger partial charge in [-0.3, -0.25) is 0 Å². The van der Waals surface area contributed by atoms with Gasteiger partial charge >= 0.3 is 0 Å². The number of allylic oxidation sites excluding steroid dienone is 24. The van der Waals surface area contributed by atoms with Crippen LogP contribution in [0.2, 0.25) is 0 Å². The largest absolute Gasteiger partial charge is 0.0833 e. The van der Waals surface area contributed by atoms with Crippen LogP contribution < -0.4 is 0 Å². The first kappa shape index (κ1) is 34.8. The minimum atomic E-state index is 0.380. The van der Waals surface area contributed by atoms with Gasteiger partial charge in [0.1, 0.15) is 0 Å². The van der Waals surface area contributed by atoms with E-state index in [1.54, 1.807) is 5.57 Å². The fourth-order valence-corrected chi connectivity index (χ4v) is 9.75. The van der Waals surface area contributed by atoms with Crippen LogP contribution in [-0.2, 0) is 0 Å². The molecule has 0 nitrogen and oxygen atoms in total. The predicted molar refractivity (Wildman–Crippen MR) is 234 cm³/mol. The van der Waals surface area contributed by atoms with Gasteiger partial charge in [-0.1, -0.05) is 158 Å². The number of fused-ring (bicyclic) bond motifs is 3. The number of rotatable bonds is 6. The Morgan fingerprint density at radius 3 is 1.87 bits per heavy atom. The molecule has 5 unspecified atom stereocenters. The second-order valence-electron chi connectivity index (χ2n) is 16.9. The zero-order valence-electron chi connectivity index (χ0n) is 32.6. The third-order valence-electron chi connectivity index (χ3n) is 12.9. The van der Waals surface area contributed by atoms with Gasteiger partial charge in [0.25, 0.3) is 0 Å². The van der Waals surface area contributed by atoms with Crippen LogP contribution in [0.5, 0.6) is 0 Å². The minimum Gasteiger partial charge on any atom is -0.0833 e. The fraction of sp³-hybridized carbons (Fsp3) is 0.296. The minimum absolute atomic E-state index is 0.380. The van der Waals surface area contributed by atoms with Crippen molar-refractivity contribution in [3.63, 3.8) is 0 Å². The Morgan fingerprint density at radius 1 is 0.556 bits per heavy atom. The van der Waals surface area contributed by atoms with Gasteiger partial charge in [0.15, 0.2) is 0 Å². The molecule has 0 aromatic heterocycles. The Bertz CT molecular complexity index is 2410. The Balaban J connectivity index is 1.13. The monoisotopic (exact) mass is 702 g/mol. The van der Waals surface area contributed by atoms with Crippen LogP contribution in [0, 0.1) is 29.6 Å². The molecule has 54 heavy (non-hydrogen) atoms. The second kappa shape index (κ2) is 14.7. The van der Waals surface area contributed by atoms with E-state index in [1.165, 1.54) is 77.3 Å². The van der Waals surface area contributed by atoms with Crippen molar-refractivity contribution in [3.8, 4) is 0 Å².